The minimum absolute atomic E-state index is 0.102. The summed E-state index contributed by atoms with van der Waals surface area (Å²) in [6.45, 7) is 6.18. The molecule has 0 radical (unpaired) electrons. The van der Waals surface area contributed by atoms with Crippen LogP contribution in [0, 0.1) is 20.8 Å². The van der Waals surface area contributed by atoms with E-state index in [4.69, 9.17) is 5.73 Å². The van der Waals surface area contributed by atoms with Crippen molar-refractivity contribution in [3.05, 3.63) is 74.4 Å². The fourth-order valence-corrected chi connectivity index (χ4v) is 3.93. The summed E-state index contributed by atoms with van der Waals surface area (Å²) in [7, 11) is 0. The lowest BCUT2D eigenvalue weighted by Gasteiger charge is -2.11. The molecule has 26 heavy (non-hydrogen) atoms. The monoisotopic (exact) mass is 366 g/mol. The van der Waals surface area contributed by atoms with Gasteiger partial charge in [0.25, 0.3) is 5.91 Å². The third-order valence-corrected chi connectivity index (χ3v) is 5.40. The van der Waals surface area contributed by atoms with Crippen molar-refractivity contribution < 1.29 is 4.79 Å². The number of aryl methyl sites for hydroxylation is 3. The van der Waals surface area contributed by atoms with E-state index in [1.165, 1.54) is 16.9 Å². The second-order valence-electron chi connectivity index (χ2n) is 6.30. The number of nitrogens with one attached hydrogen (secondary N) is 1. The third kappa shape index (κ3) is 4.08. The topological polar surface area (TPSA) is 80.9 Å². The van der Waals surface area contributed by atoms with Crippen molar-refractivity contribution >= 4 is 23.1 Å². The van der Waals surface area contributed by atoms with Crippen LogP contribution in [0.25, 0.3) is 0 Å². The number of anilines is 1. The number of nitrogens with zero attached hydrogens (tertiary/aromatic N) is 2. The molecule has 3 N–H and O–H groups in total. The Hall–Kier alpha value is -2.73. The fraction of sp³-hybridized carbons (Fsp3) is 0.250. The van der Waals surface area contributed by atoms with E-state index in [0.717, 1.165) is 33.9 Å². The van der Waals surface area contributed by atoms with E-state index < -0.39 is 0 Å². The number of hydrogen-bond acceptors (Lipinski definition) is 5. The summed E-state index contributed by atoms with van der Waals surface area (Å²) in [5.74, 6) is 0.397. The van der Waals surface area contributed by atoms with Gasteiger partial charge in [-0.25, -0.2) is 9.97 Å². The summed E-state index contributed by atoms with van der Waals surface area (Å²) < 4.78 is 0. The Bertz CT molecular complexity index is 911. The highest BCUT2D eigenvalue weighted by atomic mass is 32.1. The molecule has 0 bridgehead atoms. The first kappa shape index (κ1) is 18.1. The van der Waals surface area contributed by atoms with E-state index in [2.05, 4.69) is 27.4 Å². The van der Waals surface area contributed by atoms with Crippen LogP contribution in [0.15, 0.2) is 36.4 Å². The SMILES string of the molecule is Cc1cc(N)nc(C)c1CNC(=O)c1sc(Cc2ccccc2)nc1C. The molecule has 1 aromatic carbocycles. The summed E-state index contributed by atoms with van der Waals surface area (Å²) >= 11 is 1.45. The predicted octanol–water partition coefficient (Wildman–Crippen LogP) is 3.57. The lowest BCUT2D eigenvalue weighted by Crippen LogP contribution is -2.23. The zero-order valence-corrected chi connectivity index (χ0v) is 16.0. The van der Waals surface area contributed by atoms with E-state index in [9.17, 15) is 4.79 Å². The first-order valence-corrected chi connectivity index (χ1v) is 9.26. The van der Waals surface area contributed by atoms with Gasteiger partial charge in [0, 0.05) is 18.7 Å². The van der Waals surface area contributed by atoms with Gasteiger partial charge in [0.05, 0.1) is 10.7 Å². The lowest BCUT2D eigenvalue weighted by atomic mass is 10.1. The average Bonchev–Trinajstić information content (AvgIpc) is 2.95. The van der Waals surface area contributed by atoms with Crippen molar-refractivity contribution in [2.75, 3.05) is 5.73 Å². The van der Waals surface area contributed by atoms with Crippen LogP contribution >= 0.6 is 11.3 Å². The summed E-state index contributed by atoms with van der Waals surface area (Å²) in [5.41, 5.74) is 10.6. The van der Waals surface area contributed by atoms with Crippen molar-refractivity contribution in [3.8, 4) is 0 Å². The molecule has 0 aliphatic rings. The number of thiazole rings is 1. The number of aromatic nitrogens is 2. The van der Waals surface area contributed by atoms with E-state index in [1.807, 2.05) is 45.0 Å². The number of rotatable bonds is 5. The van der Waals surface area contributed by atoms with E-state index in [1.54, 1.807) is 0 Å². The predicted molar refractivity (Wildman–Crippen MR) is 105 cm³/mol. The molecular weight excluding hydrogens is 344 g/mol. The average molecular weight is 366 g/mol. The summed E-state index contributed by atoms with van der Waals surface area (Å²) in [6.07, 6.45) is 0.736. The zero-order chi connectivity index (χ0) is 18.7. The third-order valence-electron chi connectivity index (χ3n) is 4.24. The molecule has 0 saturated carbocycles. The molecule has 0 saturated heterocycles. The second kappa shape index (κ2) is 7.66. The van der Waals surface area contributed by atoms with Gasteiger partial charge < -0.3 is 11.1 Å². The Morgan fingerprint density at radius 2 is 1.85 bits per heavy atom. The smallest absolute Gasteiger partial charge is 0.263 e. The maximum Gasteiger partial charge on any atom is 0.263 e. The van der Waals surface area contributed by atoms with Gasteiger partial charge in [-0.05, 0) is 43.5 Å². The minimum Gasteiger partial charge on any atom is -0.384 e. The fourth-order valence-electron chi connectivity index (χ4n) is 2.91. The molecule has 134 valence electrons. The van der Waals surface area contributed by atoms with E-state index in [0.29, 0.717) is 17.2 Å². The largest absolute Gasteiger partial charge is 0.384 e. The zero-order valence-electron chi connectivity index (χ0n) is 15.2. The van der Waals surface area contributed by atoms with Gasteiger partial charge in [0.15, 0.2) is 0 Å². The minimum atomic E-state index is -0.102. The maximum atomic E-state index is 12.6. The molecular formula is C20H22N4OS. The number of nitrogens with two attached hydrogens (primary N) is 1. The molecule has 6 heteroatoms. The highest BCUT2D eigenvalue weighted by Gasteiger charge is 2.16. The van der Waals surface area contributed by atoms with Crippen molar-refractivity contribution in [2.24, 2.45) is 0 Å². The van der Waals surface area contributed by atoms with Crippen LogP contribution in [-0.2, 0) is 13.0 Å². The molecule has 0 unspecified atom stereocenters. The summed E-state index contributed by atoms with van der Waals surface area (Å²) in [4.78, 5) is 22.1. The van der Waals surface area contributed by atoms with E-state index in [-0.39, 0.29) is 5.91 Å². The van der Waals surface area contributed by atoms with Gasteiger partial charge in [0.2, 0.25) is 0 Å². The van der Waals surface area contributed by atoms with Crippen molar-refractivity contribution in [3.63, 3.8) is 0 Å². The van der Waals surface area contributed by atoms with Gasteiger partial charge in [-0.3, -0.25) is 4.79 Å². The van der Waals surface area contributed by atoms with Gasteiger partial charge in [-0.2, -0.15) is 0 Å². The first-order valence-electron chi connectivity index (χ1n) is 8.45. The standard InChI is InChI=1S/C20H22N4OS/c1-12-9-17(21)23-13(2)16(12)11-22-20(25)19-14(3)24-18(26-19)10-15-7-5-4-6-8-15/h4-9H,10-11H2,1-3H3,(H2,21,23)(H,22,25). The normalized spacial score (nSPS) is 10.7. The number of hydrogen-bond donors (Lipinski definition) is 2. The van der Waals surface area contributed by atoms with Crippen LogP contribution in [-0.4, -0.2) is 15.9 Å². The Morgan fingerprint density at radius 1 is 1.12 bits per heavy atom. The van der Waals surface area contributed by atoms with Crippen LogP contribution in [0.5, 0.6) is 0 Å². The number of benzene rings is 1. The quantitative estimate of drug-likeness (QED) is 0.723. The second-order valence-corrected chi connectivity index (χ2v) is 7.38. The van der Waals surface area contributed by atoms with E-state index >= 15 is 0 Å². The molecule has 1 amide bonds. The number of carbonyl (C=O) groups excluding carboxylic acids is 1. The Kier molecular flexibility index (Phi) is 5.32. The van der Waals surface area contributed by atoms with Crippen LogP contribution in [0.4, 0.5) is 5.82 Å². The highest BCUT2D eigenvalue weighted by Crippen LogP contribution is 2.21. The van der Waals surface area contributed by atoms with Crippen LogP contribution in [0.3, 0.4) is 0 Å². The Labute approximate surface area is 157 Å². The molecule has 0 aliphatic carbocycles. The van der Waals surface area contributed by atoms with Gasteiger partial charge in [0.1, 0.15) is 10.7 Å². The highest BCUT2D eigenvalue weighted by molar-refractivity contribution is 7.13. The number of carbonyl (C=O) groups is 1. The number of amides is 1. The molecule has 0 atom stereocenters. The molecule has 0 fully saturated rings. The van der Waals surface area contributed by atoms with Crippen molar-refractivity contribution in [1.29, 1.82) is 0 Å². The summed E-state index contributed by atoms with van der Waals surface area (Å²) in [6, 6.07) is 12.0. The van der Waals surface area contributed by atoms with Crippen molar-refractivity contribution in [2.45, 2.75) is 33.7 Å². The van der Waals surface area contributed by atoms with Gasteiger partial charge in [-0.1, -0.05) is 30.3 Å². The molecule has 0 aliphatic heterocycles. The van der Waals surface area contributed by atoms with Crippen LogP contribution < -0.4 is 11.1 Å². The van der Waals surface area contributed by atoms with Gasteiger partial charge in [-0.15, -0.1) is 11.3 Å². The molecule has 2 heterocycles. The van der Waals surface area contributed by atoms with Gasteiger partial charge >= 0.3 is 0 Å². The number of nitrogen functional groups attached to an aromatic ring is 1. The lowest BCUT2D eigenvalue weighted by molar-refractivity contribution is 0.0954. The maximum absolute atomic E-state index is 12.6. The summed E-state index contributed by atoms with van der Waals surface area (Å²) in [5, 5.41) is 3.93. The first-order chi connectivity index (χ1) is 12.4. The number of pyridine rings is 1. The Balaban J connectivity index is 1.71. The van der Waals surface area contributed by atoms with Crippen molar-refractivity contribution in [1.82, 2.24) is 15.3 Å². The van der Waals surface area contributed by atoms with Crippen LogP contribution in [0.2, 0.25) is 0 Å². The molecule has 0 spiro atoms. The Morgan fingerprint density at radius 3 is 2.54 bits per heavy atom. The van der Waals surface area contributed by atoms with Crippen LogP contribution in [0.1, 0.15) is 42.8 Å². The molecule has 3 rings (SSSR count). The molecule has 3 aromatic rings. The molecule has 5 nitrogen and oxygen atoms in total. The molecule has 2 aromatic heterocycles.